The van der Waals surface area contributed by atoms with E-state index in [1.165, 1.54) is 6.92 Å². The molecule has 112 valence electrons. The number of esters is 1. The van der Waals surface area contributed by atoms with Crippen LogP contribution in [0.3, 0.4) is 0 Å². The van der Waals surface area contributed by atoms with Crippen LogP contribution >= 0.6 is 11.8 Å². The molecule has 11 heteroatoms. The summed E-state index contributed by atoms with van der Waals surface area (Å²) in [6.45, 7) is 0.973. The summed E-state index contributed by atoms with van der Waals surface area (Å²) in [6.07, 6.45) is 0. The fourth-order valence-electron chi connectivity index (χ4n) is 2.09. The molecular formula is C10H11N5O5S. The number of β-lactam (4-membered cyclic amide) rings is 1. The Balaban J connectivity index is 2.35. The number of thioether (sulfide) groups is 1. The van der Waals surface area contributed by atoms with Crippen molar-refractivity contribution in [3.63, 3.8) is 0 Å². The number of hydrogen-bond donors (Lipinski definition) is 2. The Bertz CT molecular complexity index is 613. The maximum Gasteiger partial charge on any atom is 0.352 e. The lowest BCUT2D eigenvalue weighted by atomic mass is 9.97. The number of aliphatic carboxylic acids is 1. The van der Waals surface area contributed by atoms with E-state index >= 15 is 0 Å². The Morgan fingerprint density at radius 2 is 2.38 bits per heavy atom. The number of amides is 1. The molecule has 2 heterocycles. The Kier molecular flexibility index (Phi) is 3.81. The van der Waals surface area contributed by atoms with Crippen molar-refractivity contribution in [2.75, 3.05) is 12.4 Å². The Labute approximate surface area is 122 Å². The smallest absolute Gasteiger partial charge is 0.352 e. The van der Waals surface area contributed by atoms with Gasteiger partial charge in [-0.15, -0.1) is 11.8 Å². The number of nitrogens with zero attached hydrogens (tertiary/aromatic N) is 4. The van der Waals surface area contributed by atoms with Crippen molar-refractivity contribution in [2.45, 2.75) is 18.0 Å². The number of carboxylic acids is 1. The van der Waals surface area contributed by atoms with Crippen LogP contribution in [0.1, 0.15) is 6.92 Å². The van der Waals surface area contributed by atoms with Crippen LogP contribution in [0.25, 0.3) is 10.4 Å². The first kappa shape index (κ1) is 15.2. The van der Waals surface area contributed by atoms with E-state index in [0.29, 0.717) is 0 Å². The van der Waals surface area contributed by atoms with E-state index in [-0.39, 0.29) is 23.6 Å². The summed E-state index contributed by atoms with van der Waals surface area (Å²) in [5.41, 5.74) is 12.4. The number of hydrogen-bond acceptors (Lipinski definition) is 7. The molecule has 3 N–H and O–H groups in total. The second-order valence-electron chi connectivity index (χ2n) is 4.39. The summed E-state index contributed by atoms with van der Waals surface area (Å²) >= 11 is 1.15. The van der Waals surface area contributed by atoms with Crippen molar-refractivity contribution >= 4 is 29.6 Å². The number of carbonyl (C=O) groups excluding carboxylic acids is 2. The standard InChI is InChI=1S/C10H11N5O5S/c1-4(16)20-2-5-3-21-9-10(11,13-14-12)8(19)15(9)6(5)7(17)18/h9H,2-3,11H2,1H3,(H,17,18)/t9-,10?/m1/s1. The van der Waals surface area contributed by atoms with Gasteiger partial charge in [-0.25, -0.2) is 4.79 Å². The van der Waals surface area contributed by atoms with Crippen molar-refractivity contribution in [2.24, 2.45) is 10.8 Å². The highest BCUT2D eigenvalue weighted by molar-refractivity contribution is 8.00. The first-order valence-corrected chi connectivity index (χ1v) is 6.77. The molecule has 0 aromatic rings. The van der Waals surface area contributed by atoms with Gasteiger partial charge in [-0.2, -0.15) is 0 Å². The molecule has 0 aromatic heterocycles. The molecule has 2 atom stereocenters. The number of carboxylic acid groups (broad SMARTS) is 1. The topological polar surface area (TPSA) is 159 Å². The molecule has 2 aliphatic heterocycles. The molecule has 0 aromatic carbocycles. The van der Waals surface area contributed by atoms with Gasteiger partial charge in [-0.3, -0.25) is 14.5 Å². The molecule has 1 fully saturated rings. The minimum Gasteiger partial charge on any atom is -0.477 e. The number of nitrogens with two attached hydrogens (primary N) is 1. The van der Waals surface area contributed by atoms with Crippen LogP contribution in [-0.4, -0.2) is 51.2 Å². The molecule has 1 unspecified atom stereocenters. The summed E-state index contributed by atoms with van der Waals surface area (Å²) in [4.78, 5) is 37.7. The monoisotopic (exact) mass is 313 g/mol. The Morgan fingerprint density at radius 3 is 2.90 bits per heavy atom. The molecule has 0 bridgehead atoms. The third-order valence-corrected chi connectivity index (χ3v) is 4.43. The molecule has 21 heavy (non-hydrogen) atoms. The van der Waals surface area contributed by atoms with Crippen LogP contribution in [0.5, 0.6) is 0 Å². The minimum absolute atomic E-state index is 0.198. The number of fused-ring (bicyclic) bond motifs is 1. The lowest BCUT2D eigenvalue weighted by Crippen LogP contribution is -2.77. The summed E-state index contributed by atoms with van der Waals surface area (Å²) in [7, 11) is 0. The highest BCUT2D eigenvalue weighted by atomic mass is 32.2. The predicted octanol–water partition coefficient (Wildman–Crippen LogP) is -0.231. The molecule has 10 nitrogen and oxygen atoms in total. The van der Waals surface area contributed by atoms with E-state index in [2.05, 4.69) is 10.0 Å². The average Bonchev–Trinajstić information content (AvgIpc) is 2.43. The minimum atomic E-state index is -1.78. The quantitative estimate of drug-likeness (QED) is 0.238. The molecule has 0 radical (unpaired) electrons. The van der Waals surface area contributed by atoms with Crippen LogP contribution in [0, 0.1) is 0 Å². The van der Waals surface area contributed by atoms with Gasteiger partial charge in [0.2, 0.25) is 5.66 Å². The van der Waals surface area contributed by atoms with E-state index in [1.807, 2.05) is 0 Å². The van der Waals surface area contributed by atoms with E-state index in [9.17, 15) is 19.5 Å². The Morgan fingerprint density at radius 1 is 1.71 bits per heavy atom. The van der Waals surface area contributed by atoms with Crippen molar-refractivity contribution in [3.8, 4) is 0 Å². The molecule has 1 saturated heterocycles. The largest absolute Gasteiger partial charge is 0.477 e. The third-order valence-electron chi connectivity index (χ3n) is 3.03. The normalized spacial score (nSPS) is 27.4. The van der Waals surface area contributed by atoms with Gasteiger partial charge >= 0.3 is 11.9 Å². The van der Waals surface area contributed by atoms with Gasteiger partial charge in [0.15, 0.2) is 0 Å². The van der Waals surface area contributed by atoms with Gasteiger partial charge in [0, 0.05) is 23.2 Å². The second-order valence-corrected chi connectivity index (χ2v) is 5.46. The van der Waals surface area contributed by atoms with Crippen LogP contribution in [0.4, 0.5) is 0 Å². The molecule has 2 rings (SSSR count). The van der Waals surface area contributed by atoms with Crippen molar-refractivity contribution in [1.29, 1.82) is 0 Å². The van der Waals surface area contributed by atoms with Crippen LogP contribution < -0.4 is 5.73 Å². The van der Waals surface area contributed by atoms with Gasteiger partial charge < -0.3 is 15.6 Å². The first-order chi connectivity index (χ1) is 9.82. The SMILES string of the molecule is CC(=O)OCC1=C(C(=O)O)N2C(=O)C(N)(N=[N+]=[N-])[C@H]2SC1. The van der Waals surface area contributed by atoms with E-state index in [4.69, 9.17) is 16.0 Å². The number of carbonyl (C=O) groups is 3. The van der Waals surface area contributed by atoms with E-state index in [1.54, 1.807) is 0 Å². The molecule has 0 saturated carbocycles. The highest BCUT2D eigenvalue weighted by Gasteiger charge is 2.62. The van der Waals surface area contributed by atoms with Gasteiger partial charge in [0.05, 0.1) is 0 Å². The number of rotatable bonds is 4. The fourth-order valence-corrected chi connectivity index (χ4v) is 3.42. The maximum atomic E-state index is 12.0. The third kappa shape index (κ3) is 2.31. The summed E-state index contributed by atoms with van der Waals surface area (Å²) < 4.78 is 4.78. The second kappa shape index (κ2) is 5.28. The first-order valence-electron chi connectivity index (χ1n) is 5.72. The average molecular weight is 313 g/mol. The van der Waals surface area contributed by atoms with Gasteiger partial charge in [0.1, 0.15) is 17.7 Å². The van der Waals surface area contributed by atoms with Crippen molar-refractivity contribution in [3.05, 3.63) is 21.7 Å². The van der Waals surface area contributed by atoms with Crippen LogP contribution in [-0.2, 0) is 19.1 Å². The highest BCUT2D eigenvalue weighted by Crippen LogP contribution is 2.45. The van der Waals surface area contributed by atoms with E-state index < -0.39 is 28.9 Å². The molecule has 2 aliphatic rings. The molecule has 0 aliphatic carbocycles. The fraction of sp³-hybridized carbons (Fsp3) is 0.500. The predicted molar refractivity (Wildman–Crippen MR) is 70.5 cm³/mol. The lowest BCUT2D eigenvalue weighted by Gasteiger charge is -2.53. The van der Waals surface area contributed by atoms with E-state index in [0.717, 1.165) is 16.7 Å². The summed E-state index contributed by atoms with van der Waals surface area (Å²) in [5, 5.41) is 11.7. The van der Waals surface area contributed by atoms with Gasteiger partial charge in [-0.05, 0) is 5.53 Å². The molecule has 1 amide bonds. The van der Waals surface area contributed by atoms with Gasteiger partial charge in [-0.1, -0.05) is 5.11 Å². The Hall–Kier alpha value is -2.23. The van der Waals surface area contributed by atoms with Crippen molar-refractivity contribution < 1.29 is 24.2 Å². The maximum absolute atomic E-state index is 12.0. The van der Waals surface area contributed by atoms with Crippen LogP contribution in [0.15, 0.2) is 16.4 Å². The zero-order chi connectivity index (χ0) is 15.8. The number of azide groups is 1. The number of ether oxygens (including phenoxy) is 1. The summed E-state index contributed by atoms with van der Waals surface area (Å²) in [5.74, 6) is -2.49. The van der Waals surface area contributed by atoms with Gasteiger partial charge in [0.25, 0.3) is 5.91 Å². The van der Waals surface area contributed by atoms with Crippen LogP contribution in [0.2, 0.25) is 0 Å². The summed E-state index contributed by atoms with van der Waals surface area (Å²) in [6, 6.07) is 0. The zero-order valence-electron chi connectivity index (χ0n) is 10.8. The zero-order valence-corrected chi connectivity index (χ0v) is 11.7. The molecule has 0 spiro atoms. The molecular weight excluding hydrogens is 302 g/mol. The van der Waals surface area contributed by atoms with Crippen molar-refractivity contribution in [1.82, 2.24) is 4.90 Å². The lowest BCUT2D eigenvalue weighted by molar-refractivity contribution is -0.154.